The van der Waals surface area contributed by atoms with Gasteiger partial charge in [-0.05, 0) is 37.1 Å². The summed E-state index contributed by atoms with van der Waals surface area (Å²) in [4.78, 5) is 13.6. The maximum atomic E-state index is 12.1. The first kappa shape index (κ1) is 14.3. The summed E-state index contributed by atoms with van der Waals surface area (Å²) in [6, 6.07) is 5.83. The second kappa shape index (κ2) is 5.48. The molecule has 1 aliphatic rings. The number of nitrogens with zero attached hydrogens (tertiary/aromatic N) is 1. The third-order valence-corrected chi connectivity index (χ3v) is 4.41. The van der Waals surface area contributed by atoms with Crippen molar-refractivity contribution >= 4 is 31.3 Å². The average Bonchev–Trinajstić information content (AvgIpc) is 2.90. The van der Waals surface area contributed by atoms with Gasteiger partial charge in [-0.25, -0.2) is 8.42 Å². The summed E-state index contributed by atoms with van der Waals surface area (Å²) < 4.78 is 27.6. The van der Waals surface area contributed by atoms with Crippen molar-refractivity contribution in [3.63, 3.8) is 0 Å². The van der Waals surface area contributed by atoms with Crippen LogP contribution in [-0.2, 0) is 18.6 Å². The zero-order valence-electron chi connectivity index (χ0n) is 10.4. The zero-order chi connectivity index (χ0) is 14.0. The Balaban J connectivity index is 2.15. The van der Waals surface area contributed by atoms with E-state index in [1.807, 2.05) is 0 Å². The van der Waals surface area contributed by atoms with Crippen LogP contribution in [0.2, 0.25) is 0 Å². The van der Waals surface area contributed by atoms with Gasteiger partial charge in [0.1, 0.15) is 6.10 Å². The number of carbonyl (C=O) groups excluding carboxylic acids is 1. The van der Waals surface area contributed by atoms with Gasteiger partial charge in [-0.2, -0.15) is 0 Å². The molecule has 7 heteroatoms. The van der Waals surface area contributed by atoms with Crippen LogP contribution in [-0.4, -0.2) is 34.1 Å². The number of hydrogen-bond donors (Lipinski definition) is 0. The predicted molar refractivity (Wildman–Crippen MR) is 71.9 cm³/mol. The number of benzene rings is 1. The summed E-state index contributed by atoms with van der Waals surface area (Å²) in [5.74, 6) is -0.126. The first-order valence-electron chi connectivity index (χ1n) is 5.83. The van der Waals surface area contributed by atoms with Gasteiger partial charge in [0.05, 0.1) is 4.90 Å². The van der Waals surface area contributed by atoms with Crippen molar-refractivity contribution in [1.82, 2.24) is 0 Å². The Labute approximate surface area is 116 Å². The normalized spacial score (nSPS) is 19.4. The van der Waals surface area contributed by atoms with Crippen LogP contribution in [0.5, 0.6) is 0 Å². The molecule has 0 radical (unpaired) electrons. The maximum Gasteiger partial charge on any atom is 0.261 e. The Kier molecular flexibility index (Phi) is 4.13. The van der Waals surface area contributed by atoms with Crippen molar-refractivity contribution in [2.75, 3.05) is 18.6 Å². The lowest BCUT2D eigenvalue weighted by Gasteiger charge is -2.20. The fourth-order valence-corrected chi connectivity index (χ4v) is 2.72. The van der Waals surface area contributed by atoms with Crippen LogP contribution >= 0.6 is 10.7 Å². The summed E-state index contributed by atoms with van der Waals surface area (Å²) in [5, 5.41) is 0. The van der Waals surface area contributed by atoms with Crippen LogP contribution in [0.3, 0.4) is 0 Å². The molecule has 1 saturated heterocycles. The first-order valence-corrected chi connectivity index (χ1v) is 8.14. The number of amides is 1. The van der Waals surface area contributed by atoms with Gasteiger partial charge in [-0.3, -0.25) is 4.79 Å². The van der Waals surface area contributed by atoms with Gasteiger partial charge in [0, 0.05) is 30.0 Å². The van der Waals surface area contributed by atoms with E-state index in [9.17, 15) is 13.2 Å². The molecule has 5 nitrogen and oxygen atoms in total. The molecule has 2 rings (SSSR count). The highest BCUT2D eigenvalue weighted by atomic mass is 35.7. The van der Waals surface area contributed by atoms with Crippen LogP contribution in [0.15, 0.2) is 29.2 Å². The van der Waals surface area contributed by atoms with E-state index in [2.05, 4.69) is 0 Å². The van der Waals surface area contributed by atoms with Crippen molar-refractivity contribution in [2.45, 2.75) is 23.8 Å². The quantitative estimate of drug-likeness (QED) is 0.798. The van der Waals surface area contributed by atoms with Gasteiger partial charge in [0.25, 0.3) is 15.0 Å². The highest BCUT2D eigenvalue weighted by Gasteiger charge is 2.27. The van der Waals surface area contributed by atoms with E-state index in [0.29, 0.717) is 12.3 Å². The number of anilines is 1. The number of ether oxygens (including phenoxy) is 1. The molecule has 1 atom stereocenters. The molecule has 0 N–H and O–H groups in total. The predicted octanol–water partition coefficient (Wildman–Crippen LogP) is 1.76. The molecule has 1 fully saturated rings. The lowest BCUT2D eigenvalue weighted by atomic mass is 10.2. The zero-order valence-corrected chi connectivity index (χ0v) is 11.9. The van der Waals surface area contributed by atoms with Gasteiger partial charge in [-0.1, -0.05) is 0 Å². The average molecular weight is 304 g/mol. The molecule has 1 aromatic rings. The van der Waals surface area contributed by atoms with E-state index in [0.717, 1.165) is 12.8 Å². The SMILES string of the molecule is CN(C(=O)C1CCCO1)c1ccc(S(=O)(=O)Cl)cc1. The number of hydrogen-bond acceptors (Lipinski definition) is 4. The summed E-state index contributed by atoms with van der Waals surface area (Å²) >= 11 is 0. The Hall–Kier alpha value is -1.11. The molecule has 1 aromatic carbocycles. The van der Waals surface area contributed by atoms with Crippen LogP contribution in [0.4, 0.5) is 5.69 Å². The van der Waals surface area contributed by atoms with E-state index < -0.39 is 15.2 Å². The molecule has 0 aliphatic carbocycles. The van der Waals surface area contributed by atoms with Crippen LogP contribution in [0.25, 0.3) is 0 Å². The Morgan fingerprint density at radius 1 is 1.37 bits per heavy atom. The monoisotopic (exact) mass is 303 g/mol. The third kappa shape index (κ3) is 3.26. The van der Waals surface area contributed by atoms with Crippen molar-refractivity contribution in [3.8, 4) is 0 Å². The van der Waals surface area contributed by atoms with Crippen LogP contribution < -0.4 is 4.90 Å². The van der Waals surface area contributed by atoms with Crippen molar-refractivity contribution in [2.24, 2.45) is 0 Å². The highest BCUT2D eigenvalue weighted by molar-refractivity contribution is 8.13. The smallest absolute Gasteiger partial charge is 0.261 e. The van der Waals surface area contributed by atoms with Gasteiger partial charge in [0.2, 0.25) is 0 Å². The lowest BCUT2D eigenvalue weighted by Crippen LogP contribution is -2.35. The molecule has 0 aromatic heterocycles. The first-order chi connectivity index (χ1) is 8.89. The molecule has 104 valence electrons. The molecule has 1 heterocycles. The van der Waals surface area contributed by atoms with E-state index in [1.165, 1.54) is 17.0 Å². The third-order valence-electron chi connectivity index (χ3n) is 3.04. The van der Waals surface area contributed by atoms with Crippen LogP contribution in [0.1, 0.15) is 12.8 Å². The molecule has 1 unspecified atom stereocenters. The molecular weight excluding hydrogens is 290 g/mol. The Morgan fingerprint density at radius 3 is 2.47 bits per heavy atom. The minimum Gasteiger partial charge on any atom is -0.368 e. The minimum atomic E-state index is -3.74. The molecule has 0 spiro atoms. The highest BCUT2D eigenvalue weighted by Crippen LogP contribution is 2.22. The van der Waals surface area contributed by atoms with Crippen molar-refractivity contribution in [1.29, 1.82) is 0 Å². The fraction of sp³-hybridized carbons (Fsp3) is 0.417. The lowest BCUT2D eigenvalue weighted by molar-refractivity contribution is -0.127. The number of halogens is 1. The second-order valence-corrected chi connectivity index (χ2v) is 6.90. The summed E-state index contributed by atoms with van der Waals surface area (Å²) in [6.45, 7) is 0.605. The molecule has 19 heavy (non-hydrogen) atoms. The largest absolute Gasteiger partial charge is 0.368 e. The summed E-state index contributed by atoms with van der Waals surface area (Å²) in [7, 11) is 3.12. The van der Waals surface area contributed by atoms with Gasteiger partial charge in [-0.15, -0.1) is 0 Å². The number of likely N-dealkylation sites (N-methyl/N-ethyl adjacent to an activating group) is 1. The fourth-order valence-electron chi connectivity index (χ4n) is 1.95. The van der Waals surface area contributed by atoms with Crippen molar-refractivity contribution in [3.05, 3.63) is 24.3 Å². The second-order valence-electron chi connectivity index (χ2n) is 4.33. The Bertz CT molecular complexity index is 564. The molecule has 0 bridgehead atoms. The van der Waals surface area contributed by atoms with Gasteiger partial charge in [0.15, 0.2) is 0 Å². The van der Waals surface area contributed by atoms with E-state index in [-0.39, 0.29) is 10.8 Å². The maximum absolute atomic E-state index is 12.1. The van der Waals surface area contributed by atoms with Crippen molar-refractivity contribution < 1.29 is 17.9 Å². The minimum absolute atomic E-state index is 0.0101. The summed E-state index contributed by atoms with van der Waals surface area (Å²) in [5.41, 5.74) is 0.601. The molecular formula is C12H14ClNO4S. The molecule has 1 aliphatic heterocycles. The van der Waals surface area contributed by atoms with Gasteiger partial charge < -0.3 is 9.64 Å². The molecule has 1 amide bonds. The molecule has 0 saturated carbocycles. The Morgan fingerprint density at radius 2 is 2.00 bits per heavy atom. The van der Waals surface area contributed by atoms with Gasteiger partial charge >= 0.3 is 0 Å². The standard InChI is InChI=1S/C12H14ClNO4S/c1-14(12(15)11-3-2-8-18-11)9-4-6-10(7-5-9)19(13,16)17/h4-7,11H,2-3,8H2,1H3. The number of carbonyl (C=O) groups is 1. The topological polar surface area (TPSA) is 63.7 Å². The van der Waals surface area contributed by atoms with E-state index in [1.54, 1.807) is 19.2 Å². The summed E-state index contributed by atoms with van der Waals surface area (Å²) in [6.07, 6.45) is 1.20. The van der Waals surface area contributed by atoms with E-state index >= 15 is 0 Å². The van der Waals surface area contributed by atoms with E-state index in [4.69, 9.17) is 15.4 Å². The number of rotatable bonds is 3. The van der Waals surface area contributed by atoms with Crippen LogP contribution in [0, 0.1) is 0 Å².